The molecule has 2 heteroatoms. The minimum absolute atomic E-state index is 0.0972. The van der Waals surface area contributed by atoms with E-state index in [1.54, 1.807) is 7.11 Å². The van der Waals surface area contributed by atoms with Crippen LogP contribution in [0.25, 0.3) is 6.08 Å². The molecule has 2 aromatic rings. The lowest BCUT2D eigenvalue weighted by Crippen LogP contribution is -2.30. The zero-order valence-electron chi connectivity index (χ0n) is 14.9. The third-order valence-corrected chi connectivity index (χ3v) is 5.82. The van der Waals surface area contributed by atoms with Gasteiger partial charge in [-0.25, -0.2) is 0 Å². The van der Waals surface area contributed by atoms with Gasteiger partial charge >= 0.3 is 0 Å². The van der Waals surface area contributed by atoms with Gasteiger partial charge in [0.1, 0.15) is 5.76 Å². The molecule has 0 radical (unpaired) electrons. The second-order valence-corrected chi connectivity index (χ2v) is 7.36. The molecular weight excluding hydrogens is 308 g/mol. The normalized spacial score (nSPS) is 26.7. The number of rotatable bonds is 3. The first kappa shape index (κ1) is 16.4. The predicted molar refractivity (Wildman–Crippen MR) is 101 cm³/mol. The highest BCUT2D eigenvalue weighted by Crippen LogP contribution is 2.59. The van der Waals surface area contributed by atoms with E-state index in [1.165, 1.54) is 37.7 Å². The van der Waals surface area contributed by atoms with Crippen LogP contribution in [0.5, 0.6) is 0 Å². The third-order valence-electron chi connectivity index (χ3n) is 5.82. The Morgan fingerprint density at radius 3 is 2.16 bits per heavy atom. The maximum atomic E-state index is 6.62. The second-order valence-electron chi connectivity index (χ2n) is 7.36. The van der Waals surface area contributed by atoms with Crippen LogP contribution in [0.1, 0.15) is 49.7 Å². The minimum atomic E-state index is -0.667. The fourth-order valence-electron chi connectivity index (χ4n) is 4.47. The Labute approximate surface area is 150 Å². The summed E-state index contributed by atoms with van der Waals surface area (Å²) in [7, 11) is 1.77. The number of hydrogen-bond acceptors (Lipinski definition) is 2. The Balaban J connectivity index is 1.78. The van der Waals surface area contributed by atoms with E-state index >= 15 is 0 Å². The molecule has 1 unspecified atom stereocenters. The summed E-state index contributed by atoms with van der Waals surface area (Å²) in [6.45, 7) is 0. The zero-order chi connectivity index (χ0) is 17.2. The highest BCUT2D eigenvalue weighted by molar-refractivity contribution is 5.54. The Morgan fingerprint density at radius 1 is 0.880 bits per heavy atom. The number of methoxy groups -OCH3 is 1. The van der Waals surface area contributed by atoms with Crippen LogP contribution >= 0.6 is 0 Å². The Hall–Kier alpha value is -2.06. The first-order chi connectivity index (χ1) is 12.3. The summed E-state index contributed by atoms with van der Waals surface area (Å²) >= 11 is 0. The average molecular weight is 334 g/mol. The topological polar surface area (TPSA) is 18.5 Å². The van der Waals surface area contributed by atoms with Crippen molar-refractivity contribution in [1.82, 2.24) is 0 Å². The lowest BCUT2D eigenvalue weighted by atomic mass is 9.69. The number of ether oxygens (including phenoxy) is 2. The van der Waals surface area contributed by atoms with E-state index in [0.717, 1.165) is 17.7 Å². The van der Waals surface area contributed by atoms with Crippen LogP contribution in [-0.2, 0) is 15.3 Å². The summed E-state index contributed by atoms with van der Waals surface area (Å²) in [4.78, 5) is 0. The molecule has 1 aliphatic heterocycles. The van der Waals surface area contributed by atoms with Crippen LogP contribution in [-0.4, -0.2) is 7.11 Å². The Bertz CT molecular complexity index is 729. The molecule has 25 heavy (non-hydrogen) atoms. The van der Waals surface area contributed by atoms with Gasteiger partial charge in [0.05, 0.1) is 0 Å². The zero-order valence-corrected chi connectivity index (χ0v) is 14.9. The van der Waals surface area contributed by atoms with E-state index in [4.69, 9.17) is 9.47 Å². The van der Waals surface area contributed by atoms with Crippen molar-refractivity contribution in [3.8, 4) is 0 Å². The highest BCUT2D eigenvalue weighted by atomic mass is 16.7. The van der Waals surface area contributed by atoms with Gasteiger partial charge in [0, 0.05) is 24.5 Å². The Morgan fingerprint density at radius 2 is 1.52 bits per heavy atom. The van der Waals surface area contributed by atoms with Crippen molar-refractivity contribution in [2.45, 2.75) is 44.3 Å². The average Bonchev–Trinajstić information content (AvgIpc) is 2.98. The van der Waals surface area contributed by atoms with E-state index in [0.29, 0.717) is 0 Å². The molecule has 1 aliphatic carbocycles. The summed E-state index contributed by atoms with van der Waals surface area (Å²) in [5.74, 6) is 0.434. The van der Waals surface area contributed by atoms with Gasteiger partial charge in [0.25, 0.3) is 0 Å². The third kappa shape index (κ3) is 3.00. The van der Waals surface area contributed by atoms with E-state index in [-0.39, 0.29) is 5.41 Å². The van der Waals surface area contributed by atoms with Crippen LogP contribution in [0.15, 0.2) is 66.4 Å². The van der Waals surface area contributed by atoms with E-state index in [2.05, 4.69) is 60.7 Å². The molecule has 2 fully saturated rings. The van der Waals surface area contributed by atoms with Crippen molar-refractivity contribution in [1.29, 1.82) is 0 Å². The van der Waals surface area contributed by atoms with Gasteiger partial charge in [-0.05, 0) is 24.5 Å². The fraction of sp³-hybridized carbons (Fsp3) is 0.391. The molecule has 0 N–H and O–H groups in total. The van der Waals surface area contributed by atoms with Gasteiger partial charge in [-0.3, -0.25) is 0 Å². The largest absolute Gasteiger partial charge is 0.462 e. The molecule has 2 aliphatic rings. The van der Waals surface area contributed by atoms with Gasteiger partial charge < -0.3 is 9.47 Å². The lowest BCUT2D eigenvalue weighted by Gasteiger charge is -2.33. The minimum Gasteiger partial charge on any atom is -0.462 e. The molecule has 0 bridgehead atoms. The van der Waals surface area contributed by atoms with Crippen molar-refractivity contribution in [3.05, 3.63) is 77.5 Å². The Kier molecular flexibility index (Phi) is 4.39. The molecule has 2 nitrogen and oxygen atoms in total. The van der Waals surface area contributed by atoms with Crippen LogP contribution in [0.2, 0.25) is 0 Å². The van der Waals surface area contributed by atoms with Crippen LogP contribution < -0.4 is 0 Å². The predicted octanol–water partition coefficient (Wildman–Crippen LogP) is 5.90. The van der Waals surface area contributed by atoms with E-state index in [9.17, 15) is 0 Å². The summed E-state index contributed by atoms with van der Waals surface area (Å²) in [6.07, 6.45) is 9.36. The maximum Gasteiger partial charge on any atom is 0.237 e. The first-order valence-electron chi connectivity index (χ1n) is 9.33. The first-order valence-corrected chi connectivity index (χ1v) is 9.33. The maximum absolute atomic E-state index is 6.62. The molecule has 2 aromatic carbocycles. The summed E-state index contributed by atoms with van der Waals surface area (Å²) in [5, 5.41) is 0. The number of benzene rings is 2. The van der Waals surface area contributed by atoms with Crippen molar-refractivity contribution in [2.75, 3.05) is 7.11 Å². The lowest BCUT2D eigenvalue weighted by molar-refractivity contribution is -0.186. The van der Waals surface area contributed by atoms with E-state index in [1.807, 2.05) is 6.07 Å². The second kappa shape index (κ2) is 6.68. The van der Waals surface area contributed by atoms with Gasteiger partial charge in [-0.15, -0.1) is 0 Å². The highest BCUT2D eigenvalue weighted by Gasteiger charge is 2.55. The molecule has 0 amide bonds. The van der Waals surface area contributed by atoms with Crippen LogP contribution in [0, 0.1) is 5.41 Å². The van der Waals surface area contributed by atoms with Crippen LogP contribution in [0.4, 0.5) is 0 Å². The van der Waals surface area contributed by atoms with Crippen molar-refractivity contribution in [2.24, 2.45) is 5.41 Å². The molecule has 1 heterocycles. The fourth-order valence-corrected chi connectivity index (χ4v) is 4.47. The molecule has 4 rings (SSSR count). The number of allylic oxidation sites excluding steroid dienone is 1. The van der Waals surface area contributed by atoms with Crippen molar-refractivity contribution < 1.29 is 9.47 Å². The number of hydrogen-bond donors (Lipinski definition) is 0. The summed E-state index contributed by atoms with van der Waals surface area (Å²) < 4.78 is 12.6. The van der Waals surface area contributed by atoms with Gasteiger partial charge in [0.15, 0.2) is 0 Å². The molecular formula is C23H26O2. The molecule has 1 saturated carbocycles. The molecule has 1 saturated heterocycles. The molecule has 130 valence electrons. The smallest absolute Gasteiger partial charge is 0.237 e. The van der Waals surface area contributed by atoms with Gasteiger partial charge in [-0.1, -0.05) is 79.9 Å². The molecule has 0 aromatic heterocycles. The monoisotopic (exact) mass is 334 g/mol. The van der Waals surface area contributed by atoms with Gasteiger partial charge in [-0.2, -0.15) is 0 Å². The summed E-state index contributed by atoms with van der Waals surface area (Å²) in [5.41, 5.74) is 2.40. The van der Waals surface area contributed by atoms with Crippen LogP contribution in [0.3, 0.4) is 0 Å². The van der Waals surface area contributed by atoms with E-state index < -0.39 is 5.79 Å². The molecule has 1 spiro atoms. The summed E-state index contributed by atoms with van der Waals surface area (Å²) in [6, 6.07) is 20.9. The quantitative estimate of drug-likeness (QED) is 0.696. The van der Waals surface area contributed by atoms with Crippen molar-refractivity contribution in [3.63, 3.8) is 0 Å². The van der Waals surface area contributed by atoms with Gasteiger partial charge in [0.2, 0.25) is 5.79 Å². The SMILES string of the molecule is COC1(c2ccccc2)CC2(CCCCC2)/C(=C/c2ccccc2)O1. The molecule has 1 atom stereocenters. The van der Waals surface area contributed by atoms with Crippen molar-refractivity contribution >= 4 is 6.08 Å². The standard InChI is InChI=1S/C23H26O2/c1-24-23(20-13-7-3-8-14-20)18-22(15-9-4-10-16-22)21(25-23)17-19-11-5-2-6-12-19/h2-3,5-8,11-14,17H,4,9-10,15-16,18H2,1H3/b21-17-.